The molecule has 1 aliphatic rings. The Labute approximate surface area is 209 Å². The van der Waals surface area contributed by atoms with Crippen molar-refractivity contribution in [1.29, 1.82) is 0 Å². The van der Waals surface area contributed by atoms with E-state index in [4.69, 9.17) is 4.74 Å². The van der Waals surface area contributed by atoms with Gasteiger partial charge in [0.1, 0.15) is 23.6 Å². The van der Waals surface area contributed by atoms with Crippen LogP contribution in [0.15, 0.2) is 59.4 Å². The lowest BCUT2D eigenvalue weighted by Gasteiger charge is -2.41. The van der Waals surface area contributed by atoms with Gasteiger partial charge in [0.25, 0.3) is 5.56 Å². The summed E-state index contributed by atoms with van der Waals surface area (Å²) in [4.78, 5) is 30.5. The summed E-state index contributed by atoms with van der Waals surface area (Å²) in [6.45, 7) is 7.81. The molecule has 9 nitrogen and oxygen atoms in total. The summed E-state index contributed by atoms with van der Waals surface area (Å²) in [6.07, 6.45) is 0. The van der Waals surface area contributed by atoms with Crippen molar-refractivity contribution in [1.82, 2.24) is 24.3 Å². The summed E-state index contributed by atoms with van der Waals surface area (Å²) in [6, 6.07) is 17.8. The molecule has 4 aromatic rings. The molecular formula is C27H30N6O3. The number of aromatic nitrogens is 4. The number of amides is 1. The number of benzene rings is 2. The lowest BCUT2D eigenvalue weighted by atomic mass is 10.1. The zero-order valence-corrected chi connectivity index (χ0v) is 21.0. The minimum absolute atomic E-state index is 0.101. The first kappa shape index (κ1) is 23.6. The molecule has 2 aromatic heterocycles. The molecule has 1 aliphatic heterocycles. The largest absolute Gasteiger partial charge is 0.497 e. The number of aryl methyl sites for hydroxylation is 2. The molecule has 1 fully saturated rings. The first-order chi connectivity index (χ1) is 17.3. The van der Waals surface area contributed by atoms with Gasteiger partial charge in [-0.25, -0.2) is 9.20 Å². The standard InChI is InChI=1S/C27H30N6O3/c1-18-6-5-7-22(14-18)31-13-12-30(16-19(31)2)26(34)17-32-27(35)25-15-24(29-33(25)20(3)28-32)21-8-10-23(36-4)11-9-21/h5-11,14-15,19H,12-13,16-17H2,1-4H3. The van der Waals surface area contributed by atoms with Crippen molar-refractivity contribution in [3.63, 3.8) is 0 Å². The van der Waals surface area contributed by atoms with E-state index in [0.29, 0.717) is 30.1 Å². The van der Waals surface area contributed by atoms with Crippen LogP contribution in [0.3, 0.4) is 0 Å². The zero-order valence-electron chi connectivity index (χ0n) is 21.0. The fourth-order valence-electron chi connectivity index (χ4n) is 4.79. The summed E-state index contributed by atoms with van der Waals surface area (Å²) in [7, 11) is 1.61. The second-order valence-electron chi connectivity index (χ2n) is 9.29. The fraction of sp³-hybridized carbons (Fsp3) is 0.333. The molecular weight excluding hydrogens is 456 g/mol. The maximum absolute atomic E-state index is 13.2. The van der Waals surface area contributed by atoms with Crippen LogP contribution < -0.4 is 15.2 Å². The third kappa shape index (κ3) is 4.44. The lowest BCUT2D eigenvalue weighted by Crippen LogP contribution is -2.54. The first-order valence-electron chi connectivity index (χ1n) is 12.1. The van der Waals surface area contributed by atoms with Crippen LogP contribution in [0.5, 0.6) is 5.75 Å². The Morgan fingerprint density at radius 2 is 1.83 bits per heavy atom. The van der Waals surface area contributed by atoms with E-state index >= 15 is 0 Å². The highest BCUT2D eigenvalue weighted by molar-refractivity contribution is 5.76. The van der Waals surface area contributed by atoms with Gasteiger partial charge in [-0.2, -0.15) is 10.2 Å². The van der Waals surface area contributed by atoms with Crippen LogP contribution in [0.25, 0.3) is 16.8 Å². The Bertz CT molecular complexity index is 1470. The van der Waals surface area contributed by atoms with Crippen LogP contribution in [0.4, 0.5) is 5.69 Å². The average Bonchev–Trinajstić information content (AvgIpc) is 3.33. The van der Waals surface area contributed by atoms with Crippen LogP contribution in [0.2, 0.25) is 0 Å². The maximum atomic E-state index is 13.2. The molecule has 0 aliphatic carbocycles. The van der Waals surface area contributed by atoms with E-state index in [2.05, 4.69) is 53.2 Å². The van der Waals surface area contributed by atoms with Crippen molar-refractivity contribution < 1.29 is 9.53 Å². The molecule has 1 unspecified atom stereocenters. The highest BCUT2D eigenvalue weighted by Crippen LogP contribution is 2.23. The summed E-state index contributed by atoms with van der Waals surface area (Å²) in [5, 5.41) is 8.95. The van der Waals surface area contributed by atoms with Gasteiger partial charge in [-0.1, -0.05) is 12.1 Å². The van der Waals surface area contributed by atoms with Crippen molar-refractivity contribution in [2.75, 3.05) is 31.6 Å². The molecule has 3 heterocycles. The van der Waals surface area contributed by atoms with Crippen LogP contribution in [0.1, 0.15) is 18.3 Å². The van der Waals surface area contributed by atoms with Crippen LogP contribution >= 0.6 is 0 Å². The summed E-state index contributed by atoms with van der Waals surface area (Å²) in [5.41, 5.74) is 3.95. The number of carbonyl (C=O) groups excluding carboxylic acids is 1. The van der Waals surface area contributed by atoms with E-state index in [1.807, 2.05) is 29.2 Å². The molecule has 9 heteroatoms. The van der Waals surface area contributed by atoms with Crippen molar-refractivity contribution >= 4 is 17.1 Å². The number of methoxy groups -OCH3 is 1. The molecule has 0 spiro atoms. The molecule has 0 radical (unpaired) electrons. The second-order valence-corrected chi connectivity index (χ2v) is 9.29. The summed E-state index contributed by atoms with van der Waals surface area (Å²) >= 11 is 0. The molecule has 5 rings (SSSR count). The minimum atomic E-state index is -0.340. The van der Waals surface area contributed by atoms with Gasteiger partial charge in [0.15, 0.2) is 0 Å². The molecule has 186 valence electrons. The first-order valence-corrected chi connectivity index (χ1v) is 12.1. The maximum Gasteiger partial charge on any atom is 0.293 e. The van der Waals surface area contributed by atoms with Gasteiger partial charge in [-0.3, -0.25) is 9.59 Å². The topological polar surface area (TPSA) is 85.0 Å². The van der Waals surface area contributed by atoms with E-state index < -0.39 is 0 Å². The van der Waals surface area contributed by atoms with Crippen molar-refractivity contribution in [2.24, 2.45) is 0 Å². The predicted molar refractivity (Wildman–Crippen MR) is 139 cm³/mol. The zero-order chi connectivity index (χ0) is 25.4. The van der Waals surface area contributed by atoms with Gasteiger partial charge in [0.2, 0.25) is 5.91 Å². The molecule has 1 amide bonds. The number of rotatable bonds is 5. The van der Waals surface area contributed by atoms with Gasteiger partial charge in [-0.15, -0.1) is 0 Å². The van der Waals surface area contributed by atoms with E-state index in [9.17, 15) is 9.59 Å². The van der Waals surface area contributed by atoms with E-state index in [-0.39, 0.29) is 24.1 Å². The molecule has 1 atom stereocenters. The Hall–Kier alpha value is -4.14. The monoisotopic (exact) mass is 486 g/mol. The van der Waals surface area contributed by atoms with Gasteiger partial charge < -0.3 is 14.5 Å². The normalized spacial score (nSPS) is 15.9. The predicted octanol–water partition coefficient (Wildman–Crippen LogP) is 2.92. The molecule has 1 saturated heterocycles. The molecule has 0 bridgehead atoms. The SMILES string of the molecule is COc1ccc(-c2cc3c(=O)n(CC(=O)N4CCN(c5cccc(C)c5)C(C)C4)nc(C)n3n2)cc1. The number of nitrogens with zero attached hydrogens (tertiary/aromatic N) is 6. The Balaban J connectivity index is 1.34. The van der Waals surface area contributed by atoms with Crippen molar-refractivity contribution in [2.45, 2.75) is 33.4 Å². The summed E-state index contributed by atoms with van der Waals surface area (Å²) in [5.74, 6) is 1.17. The highest BCUT2D eigenvalue weighted by atomic mass is 16.5. The van der Waals surface area contributed by atoms with E-state index in [1.54, 1.807) is 20.1 Å². The smallest absolute Gasteiger partial charge is 0.293 e. The fourth-order valence-corrected chi connectivity index (χ4v) is 4.79. The highest BCUT2D eigenvalue weighted by Gasteiger charge is 2.27. The van der Waals surface area contributed by atoms with Gasteiger partial charge in [0.05, 0.1) is 12.8 Å². The quantitative estimate of drug-likeness (QED) is 0.431. The Kier molecular flexibility index (Phi) is 6.22. The number of fused-ring (bicyclic) bond motifs is 1. The molecule has 0 N–H and O–H groups in total. The Morgan fingerprint density at radius 1 is 1.06 bits per heavy atom. The number of piperazine rings is 1. The van der Waals surface area contributed by atoms with Gasteiger partial charge >= 0.3 is 0 Å². The van der Waals surface area contributed by atoms with Crippen molar-refractivity contribution in [3.8, 4) is 17.0 Å². The van der Waals surface area contributed by atoms with Crippen LogP contribution in [-0.4, -0.2) is 63.0 Å². The number of carbonyl (C=O) groups is 1. The number of hydrogen-bond donors (Lipinski definition) is 0. The molecule has 2 aromatic carbocycles. The molecule has 36 heavy (non-hydrogen) atoms. The lowest BCUT2D eigenvalue weighted by molar-refractivity contribution is -0.132. The van der Waals surface area contributed by atoms with Crippen molar-refractivity contribution in [3.05, 3.63) is 76.3 Å². The van der Waals surface area contributed by atoms with Crippen LogP contribution in [-0.2, 0) is 11.3 Å². The molecule has 0 saturated carbocycles. The second kappa shape index (κ2) is 9.49. The third-order valence-corrected chi connectivity index (χ3v) is 6.72. The van der Waals surface area contributed by atoms with Gasteiger partial charge in [-0.05, 0) is 68.8 Å². The third-order valence-electron chi connectivity index (χ3n) is 6.72. The summed E-state index contributed by atoms with van der Waals surface area (Å²) < 4.78 is 8.00. The minimum Gasteiger partial charge on any atom is -0.497 e. The van der Waals surface area contributed by atoms with Gasteiger partial charge in [0, 0.05) is 36.9 Å². The van der Waals surface area contributed by atoms with E-state index in [1.165, 1.54) is 20.4 Å². The number of anilines is 1. The van der Waals surface area contributed by atoms with E-state index in [0.717, 1.165) is 17.9 Å². The number of hydrogen-bond acceptors (Lipinski definition) is 6. The average molecular weight is 487 g/mol. The number of ether oxygens (including phenoxy) is 1. The Morgan fingerprint density at radius 3 is 2.53 bits per heavy atom. The van der Waals surface area contributed by atoms with Crippen LogP contribution in [0, 0.1) is 13.8 Å².